The Hall–Kier alpha value is -3.01. The number of nitrogens with one attached hydrogen (secondary N) is 2. The van der Waals surface area contributed by atoms with Gasteiger partial charge in [0, 0.05) is 49.3 Å². The maximum absolute atomic E-state index is 14.1. The Morgan fingerprint density at radius 3 is 2.50 bits per heavy atom. The number of halogens is 6. The number of pyridine rings is 1. The average Bonchev–Trinajstić information content (AvgIpc) is 3.06. The number of alkyl carbamates (subject to hydrolysis) is 1. The summed E-state index contributed by atoms with van der Waals surface area (Å²) in [5.41, 5.74) is -2.06. The second-order valence-electron chi connectivity index (χ2n) is 11.4. The van der Waals surface area contributed by atoms with Gasteiger partial charge in [-0.2, -0.15) is 13.2 Å². The highest BCUT2D eigenvalue weighted by Gasteiger charge is 2.40. The number of rotatable bonds is 7. The molecule has 1 atom stereocenters. The molecule has 1 aliphatic rings. The first kappa shape index (κ1) is 35.5. The number of nitrogens with zero attached hydrogens (tertiary/aromatic N) is 3. The number of ether oxygens (including phenoxy) is 1. The summed E-state index contributed by atoms with van der Waals surface area (Å²) in [5, 5.41) is 5.14. The van der Waals surface area contributed by atoms with Crippen molar-refractivity contribution in [2.75, 3.05) is 42.7 Å². The van der Waals surface area contributed by atoms with Crippen LogP contribution in [0.1, 0.15) is 61.6 Å². The summed E-state index contributed by atoms with van der Waals surface area (Å²) in [5.74, 6) is -4.16. The van der Waals surface area contributed by atoms with E-state index in [-0.39, 0.29) is 60.1 Å². The molecule has 2 amide bonds. The highest BCUT2D eigenvalue weighted by atomic mass is 79.9. The van der Waals surface area contributed by atoms with E-state index >= 15 is 0 Å². The highest BCUT2D eigenvalue weighted by molar-refractivity contribution is 9.10. The lowest BCUT2D eigenvalue weighted by Crippen LogP contribution is -2.33. The van der Waals surface area contributed by atoms with Crippen molar-refractivity contribution in [1.82, 2.24) is 10.3 Å². The van der Waals surface area contributed by atoms with E-state index < -0.39 is 62.4 Å². The van der Waals surface area contributed by atoms with Crippen LogP contribution in [-0.4, -0.2) is 65.2 Å². The van der Waals surface area contributed by atoms with Crippen LogP contribution in [0.25, 0.3) is 0 Å². The minimum absolute atomic E-state index is 0.00407. The first-order chi connectivity index (χ1) is 20.2. The zero-order chi connectivity index (χ0) is 33.1. The first-order valence-corrected chi connectivity index (χ1v) is 16.4. The molecule has 2 heterocycles. The maximum atomic E-state index is 14.1. The van der Waals surface area contributed by atoms with Gasteiger partial charge in [0.1, 0.15) is 11.4 Å². The molecule has 1 saturated heterocycles. The Labute approximate surface area is 261 Å². The van der Waals surface area contributed by atoms with Gasteiger partial charge in [0.25, 0.3) is 5.91 Å². The largest absolute Gasteiger partial charge is 0.444 e. The molecule has 3 rings (SSSR count). The smallest absolute Gasteiger partial charge is 0.434 e. The van der Waals surface area contributed by atoms with Crippen molar-refractivity contribution in [1.29, 1.82) is 0 Å². The van der Waals surface area contributed by atoms with Crippen molar-refractivity contribution in [2.45, 2.75) is 69.6 Å². The van der Waals surface area contributed by atoms with E-state index in [1.807, 2.05) is 0 Å². The molecular weight excluding hydrogens is 677 g/mol. The van der Waals surface area contributed by atoms with Crippen LogP contribution in [0.15, 0.2) is 38.0 Å². The van der Waals surface area contributed by atoms with Crippen LogP contribution in [0, 0.1) is 6.92 Å². The van der Waals surface area contributed by atoms with Crippen LogP contribution in [0.5, 0.6) is 0 Å². The van der Waals surface area contributed by atoms with Crippen LogP contribution in [0.3, 0.4) is 0 Å². The maximum Gasteiger partial charge on any atom is 0.434 e. The fourth-order valence-corrected chi connectivity index (χ4v) is 6.18. The summed E-state index contributed by atoms with van der Waals surface area (Å²) in [6.45, 7) is 6.22. The molecule has 1 fully saturated rings. The third-order valence-corrected chi connectivity index (χ3v) is 9.29. The molecule has 1 aromatic carbocycles. The number of hydrogen-bond acceptors (Lipinski definition) is 7. The predicted octanol–water partition coefficient (Wildman–Crippen LogP) is 7.03. The molecule has 1 aliphatic heterocycles. The van der Waals surface area contributed by atoms with E-state index in [0.29, 0.717) is 0 Å². The molecule has 0 saturated carbocycles. The summed E-state index contributed by atoms with van der Waals surface area (Å²) >= 11 is 2.92. The van der Waals surface area contributed by atoms with Gasteiger partial charge in [-0.05, 0) is 73.8 Å². The quantitative estimate of drug-likeness (QED) is 0.236. The van der Waals surface area contributed by atoms with Crippen LogP contribution in [-0.2, 0) is 20.6 Å². The predicted molar refractivity (Wildman–Crippen MR) is 161 cm³/mol. The van der Waals surface area contributed by atoms with E-state index in [1.54, 1.807) is 20.8 Å². The van der Waals surface area contributed by atoms with Gasteiger partial charge >= 0.3 is 12.3 Å². The summed E-state index contributed by atoms with van der Waals surface area (Å²) in [6, 6.07) is 5.97. The van der Waals surface area contributed by atoms with Gasteiger partial charge in [0.15, 0.2) is 5.69 Å². The highest BCUT2D eigenvalue weighted by Crippen LogP contribution is 2.40. The molecule has 16 heteroatoms. The summed E-state index contributed by atoms with van der Waals surface area (Å²) < 4.78 is 91.9. The average molecular weight is 713 g/mol. The molecule has 44 heavy (non-hydrogen) atoms. The SMILES string of the molecule is Cc1c(Br)c(C(F)(F)F)nc(N2CCCC(F)(F)CC2)c1C(=O)Nc1cccc([S@@](C)(=O)=NCCNC(=O)OC(C)(C)C)c1. The number of carbonyl (C=O) groups excluding carboxylic acids is 2. The fraction of sp³-hybridized carbons (Fsp3) is 0.536. The van der Waals surface area contributed by atoms with Crippen LogP contribution < -0.4 is 15.5 Å². The van der Waals surface area contributed by atoms with Crippen molar-refractivity contribution in [3.05, 3.63) is 45.6 Å². The number of carbonyl (C=O) groups is 2. The number of aromatic nitrogens is 1. The minimum atomic E-state index is -4.87. The lowest BCUT2D eigenvalue weighted by atomic mass is 10.1. The standard InChI is InChI=1S/C28H35BrF5N5O4S/c1-17-20(23(38-22(21(17)29)28(32,33)34)39-14-7-10-27(30,31)11-15-39)24(40)37-18-8-6-9-19(16-18)44(5,42)36-13-12-35-25(41)43-26(2,3)4/h6,8-9,16H,7,10-15H2,1-5H3,(H,35,41)(H,37,40)/t44-/m1/s1. The number of benzene rings is 1. The third-order valence-electron chi connectivity index (χ3n) is 6.51. The zero-order valence-corrected chi connectivity index (χ0v) is 27.3. The van der Waals surface area contributed by atoms with E-state index in [0.717, 1.165) is 0 Å². The summed E-state index contributed by atoms with van der Waals surface area (Å²) in [7, 11) is -2.99. The summed E-state index contributed by atoms with van der Waals surface area (Å²) in [6.07, 6.45) is -5.17. The van der Waals surface area contributed by atoms with Crippen LogP contribution >= 0.6 is 15.9 Å². The Bertz CT molecular complexity index is 1520. The van der Waals surface area contributed by atoms with Gasteiger partial charge in [-0.3, -0.25) is 4.79 Å². The van der Waals surface area contributed by atoms with E-state index in [1.165, 1.54) is 42.3 Å². The van der Waals surface area contributed by atoms with Gasteiger partial charge in [-0.15, -0.1) is 0 Å². The molecule has 0 aliphatic carbocycles. The Kier molecular flexibility index (Phi) is 10.9. The van der Waals surface area contributed by atoms with Gasteiger partial charge < -0.3 is 20.3 Å². The number of alkyl halides is 5. The van der Waals surface area contributed by atoms with Gasteiger partial charge in [0.05, 0.1) is 26.3 Å². The van der Waals surface area contributed by atoms with Gasteiger partial charge in [-0.25, -0.2) is 27.1 Å². The normalized spacial score (nSPS) is 16.8. The summed E-state index contributed by atoms with van der Waals surface area (Å²) in [4.78, 5) is 30.7. The van der Waals surface area contributed by atoms with Crippen molar-refractivity contribution in [2.24, 2.45) is 4.36 Å². The van der Waals surface area contributed by atoms with Gasteiger partial charge in [0.2, 0.25) is 5.92 Å². The van der Waals surface area contributed by atoms with Crippen molar-refractivity contribution in [3.63, 3.8) is 0 Å². The molecule has 244 valence electrons. The Morgan fingerprint density at radius 1 is 1.18 bits per heavy atom. The van der Waals surface area contributed by atoms with Crippen molar-refractivity contribution >= 4 is 49.2 Å². The molecule has 9 nitrogen and oxygen atoms in total. The van der Waals surface area contributed by atoms with Crippen molar-refractivity contribution < 1.29 is 40.5 Å². The van der Waals surface area contributed by atoms with E-state index in [2.05, 4.69) is 35.9 Å². The second-order valence-corrected chi connectivity index (χ2v) is 14.5. The first-order valence-electron chi connectivity index (χ1n) is 13.7. The van der Waals surface area contributed by atoms with E-state index in [4.69, 9.17) is 4.74 Å². The molecule has 2 N–H and O–H groups in total. The Morgan fingerprint density at radius 2 is 1.86 bits per heavy atom. The monoisotopic (exact) mass is 711 g/mol. The lowest BCUT2D eigenvalue weighted by Gasteiger charge is -2.27. The molecule has 1 aromatic heterocycles. The number of anilines is 2. The van der Waals surface area contributed by atoms with Crippen molar-refractivity contribution in [3.8, 4) is 0 Å². The molecule has 0 radical (unpaired) electrons. The molecule has 0 spiro atoms. The van der Waals surface area contributed by atoms with Crippen LogP contribution in [0.4, 0.5) is 38.3 Å². The third kappa shape index (κ3) is 9.49. The number of hydrogen-bond donors (Lipinski definition) is 2. The lowest BCUT2D eigenvalue weighted by molar-refractivity contribution is -0.141. The molecule has 0 bridgehead atoms. The fourth-order valence-electron chi connectivity index (χ4n) is 4.40. The van der Waals surface area contributed by atoms with Gasteiger partial charge in [-0.1, -0.05) is 6.07 Å². The Balaban J connectivity index is 1.89. The minimum Gasteiger partial charge on any atom is -0.444 e. The van der Waals surface area contributed by atoms with Crippen LogP contribution in [0.2, 0.25) is 0 Å². The molecular formula is C28H35BrF5N5O4S. The van der Waals surface area contributed by atoms with E-state index in [9.17, 15) is 35.8 Å². The molecule has 2 aromatic rings. The number of amides is 2. The molecule has 0 unspecified atom stereocenters. The zero-order valence-electron chi connectivity index (χ0n) is 24.9. The second kappa shape index (κ2) is 13.5. The topological polar surface area (TPSA) is 113 Å².